The van der Waals surface area contributed by atoms with Crippen LogP contribution in [0.2, 0.25) is 0 Å². The van der Waals surface area contributed by atoms with Gasteiger partial charge in [0.05, 0.1) is 11.6 Å². The van der Waals surface area contributed by atoms with Crippen LogP contribution in [0.1, 0.15) is 25.3 Å². The summed E-state index contributed by atoms with van der Waals surface area (Å²) in [5.74, 6) is -0.109. The van der Waals surface area contributed by atoms with E-state index in [4.69, 9.17) is 0 Å². The minimum absolute atomic E-state index is 0.0828. The van der Waals surface area contributed by atoms with E-state index in [2.05, 4.69) is 39.9 Å². The predicted molar refractivity (Wildman–Crippen MR) is 87.8 cm³/mol. The highest BCUT2D eigenvalue weighted by Crippen LogP contribution is 2.22. The molecule has 6 heteroatoms. The van der Waals surface area contributed by atoms with E-state index in [1.54, 1.807) is 0 Å². The number of benzene rings is 1. The highest BCUT2D eigenvalue weighted by molar-refractivity contribution is 5.96. The van der Waals surface area contributed by atoms with Gasteiger partial charge in [0.15, 0.2) is 5.82 Å². The van der Waals surface area contributed by atoms with E-state index in [0.29, 0.717) is 12.4 Å². The molecule has 2 aromatic rings. The Morgan fingerprint density at radius 3 is 3.00 bits per heavy atom. The summed E-state index contributed by atoms with van der Waals surface area (Å²) in [6.45, 7) is 2.54. The number of nitrogens with zero attached hydrogens (tertiary/aromatic N) is 1. The molecule has 0 spiro atoms. The molecule has 1 aromatic carbocycles. The quantitative estimate of drug-likeness (QED) is 0.790. The van der Waals surface area contributed by atoms with Crippen molar-refractivity contribution in [3.05, 3.63) is 35.9 Å². The Bertz CT molecular complexity index is 723. The first-order valence-corrected chi connectivity index (χ1v) is 7.88. The second-order valence-electron chi connectivity index (χ2n) is 5.81. The summed E-state index contributed by atoms with van der Waals surface area (Å²) in [5, 5.41) is 12.5. The van der Waals surface area contributed by atoms with Gasteiger partial charge in [-0.3, -0.25) is 14.7 Å². The van der Waals surface area contributed by atoms with E-state index in [1.807, 2.05) is 18.2 Å². The van der Waals surface area contributed by atoms with Gasteiger partial charge in [0, 0.05) is 19.0 Å². The zero-order valence-electron chi connectivity index (χ0n) is 13.1. The number of anilines is 1. The lowest BCUT2D eigenvalue weighted by Gasteiger charge is -2.05. The first kappa shape index (κ1) is 15.3. The van der Waals surface area contributed by atoms with Crippen LogP contribution in [-0.2, 0) is 16.0 Å². The van der Waals surface area contributed by atoms with Gasteiger partial charge < -0.3 is 10.6 Å². The average Bonchev–Trinajstić information content (AvgIpc) is 3.17. The molecule has 2 amide bonds. The van der Waals surface area contributed by atoms with Gasteiger partial charge in [-0.2, -0.15) is 5.10 Å². The smallest absolute Gasteiger partial charge is 0.230 e. The van der Waals surface area contributed by atoms with Gasteiger partial charge in [-0.15, -0.1) is 0 Å². The molecule has 120 valence electrons. The average molecular weight is 312 g/mol. The number of carbonyl (C=O) groups is 2. The SMILES string of the molecule is CCCc1cccc(-c2cc(NC(=O)[C@H]3CNC(=O)C3)n[nH]2)c1. The zero-order chi connectivity index (χ0) is 16.2. The third-order valence-corrected chi connectivity index (χ3v) is 3.95. The molecular formula is C17H20N4O2. The van der Waals surface area contributed by atoms with E-state index in [1.165, 1.54) is 5.56 Å². The van der Waals surface area contributed by atoms with Crippen molar-refractivity contribution in [2.75, 3.05) is 11.9 Å². The van der Waals surface area contributed by atoms with Gasteiger partial charge in [-0.1, -0.05) is 31.5 Å². The Kier molecular flexibility index (Phi) is 4.41. The van der Waals surface area contributed by atoms with Crippen molar-refractivity contribution in [3.8, 4) is 11.3 Å². The molecule has 0 radical (unpaired) electrons. The van der Waals surface area contributed by atoms with Crippen LogP contribution >= 0.6 is 0 Å². The molecule has 0 aliphatic carbocycles. The molecule has 3 N–H and O–H groups in total. The summed E-state index contributed by atoms with van der Waals surface area (Å²) in [4.78, 5) is 23.3. The van der Waals surface area contributed by atoms with Crippen molar-refractivity contribution < 1.29 is 9.59 Å². The third-order valence-electron chi connectivity index (χ3n) is 3.95. The first-order valence-electron chi connectivity index (χ1n) is 7.88. The summed E-state index contributed by atoms with van der Waals surface area (Å²) in [7, 11) is 0. The monoisotopic (exact) mass is 312 g/mol. The van der Waals surface area contributed by atoms with Crippen LogP contribution in [0.3, 0.4) is 0 Å². The molecule has 2 heterocycles. The lowest BCUT2D eigenvalue weighted by atomic mass is 10.1. The number of H-pyrrole nitrogens is 1. The van der Waals surface area contributed by atoms with Crippen LogP contribution in [0.5, 0.6) is 0 Å². The molecule has 1 atom stereocenters. The van der Waals surface area contributed by atoms with Crippen LogP contribution in [0.25, 0.3) is 11.3 Å². The number of aromatic nitrogens is 2. The topological polar surface area (TPSA) is 86.9 Å². The molecule has 1 aliphatic rings. The maximum atomic E-state index is 12.1. The van der Waals surface area contributed by atoms with Gasteiger partial charge in [0.2, 0.25) is 11.8 Å². The molecule has 23 heavy (non-hydrogen) atoms. The largest absolute Gasteiger partial charge is 0.355 e. The van der Waals surface area contributed by atoms with Crippen molar-refractivity contribution >= 4 is 17.6 Å². The van der Waals surface area contributed by atoms with Crippen LogP contribution in [0.15, 0.2) is 30.3 Å². The Hall–Kier alpha value is -2.63. The van der Waals surface area contributed by atoms with Gasteiger partial charge in [0.1, 0.15) is 0 Å². The van der Waals surface area contributed by atoms with Crippen molar-refractivity contribution in [2.45, 2.75) is 26.2 Å². The number of carbonyl (C=O) groups excluding carboxylic acids is 2. The molecule has 1 fully saturated rings. The predicted octanol–water partition coefficient (Wildman–Crippen LogP) is 2.10. The van der Waals surface area contributed by atoms with E-state index in [0.717, 1.165) is 24.1 Å². The molecule has 0 saturated carbocycles. The van der Waals surface area contributed by atoms with E-state index in [9.17, 15) is 9.59 Å². The number of aromatic amines is 1. The molecule has 1 saturated heterocycles. The lowest BCUT2D eigenvalue weighted by molar-refractivity contribution is -0.123. The van der Waals surface area contributed by atoms with E-state index >= 15 is 0 Å². The summed E-state index contributed by atoms with van der Waals surface area (Å²) in [6.07, 6.45) is 2.37. The molecular weight excluding hydrogens is 292 g/mol. The Morgan fingerprint density at radius 1 is 1.39 bits per heavy atom. The first-order chi connectivity index (χ1) is 11.2. The van der Waals surface area contributed by atoms with Crippen LogP contribution in [0.4, 0.5) is 5.82 Å². The third kappa shape index (κ3) is 3.59. The summed E-state index contributed by atoms with van der Waals surface area (Å²) < 4.78 is 0. The molecule has 1 aromatic heterocycles. The molecule has 3 rings (SSSR count). The molecule has 0 unspecified atom stereocenters. The standard InChI is InChI=1S/C17H20N4O2/c1-2-4-11-5-3-6-12(7-11)14-9-15(21-20-14)19-17(23)13-8-16(22)18-10-13/h3,5-7,9,13H,2,4,8,10H2,1H3,(H,18,22)(H2,19,20,21,23)/t13-/m1/s1. The van der Waals surface area contributed by atoms with Crippen molar-refractivity contribution in [3.63, 3.8) is 0 Å². The van der Waals surface area contributed by atoms with Gasteiger partial charge in [-0.05, 0) is 23.6 Å². The highest BCUT2D eigenvalue weighted by Gasteiger charge is 2.28. The lowest BCUT2D eigenvalue weighted by Crippen LogP contribution is -2.24. The Labute approximate surface area is 134 Å². The minimum Gasteiger partial charge on any atom is -0.355 e. The fourth-order valence-corrected chi connectivity index (χ4v) is 2.74. The second-order valence-corrected chi connectivity index (χ2v) is 5.81. The number of rotatable bonds is 5. The van der Waals surface area contributed by atoms with Crippen LogP contribution in [0, 0.1) is 5.92 Å². The van der Waals surface area contributed by atoms with Gasteiger partial charge >= 0.3 is 0 Å². The zero-order valence-corrected chi connectivity index (χ0v) is 13.1. The number of aryl methyl sites for hydroxylation is 1. The summed E-state index contributed by atoms with van der Waals surface area (Å²) >= 11 is 0. The van der Waals surface area contributed by atoms with Crippen LogP contribution in [-0.4, -0.2) is 28.6 Å². The number of hydrogen-bond acceptors (Lipinski definition) is 3. The minimum atomic E-state index is -0.324. The number of nitrogens with one attached hydrogen (secondary N) is 3. The van der Waals surface area contributed by atoms with Gasteiger partial charge in [0.25, 0.3) is 0 Å². The summed E-state index contributed by atoms with van der Waals surface area (Å²) in [6, 6.07) is 10.1. The maximum absolute atomic E-state index is 12.1. The van der Waals surface area contributed by atoms with Crippen molar-refractivity contribution in [1.82, 2.24) is 15.5 Å². The normalized spacial score (nSPS) is 17.1. The van der Waals surface area contributed by atoms with Crippen LogP contribution < -0.4 is 10.6 Å². The second kappa shape index (κ2) is 6.64. The highest BCUT2D eigenvalue weighted by atomic mass is 16.2. The molecule has 0 bridgehead atoms. The van der Waals surface area contributed by atoms with E-state index in [-0.39, 0.29) is 24.2 Å². The molecule has 1 aliphatic heterocycles. The molecule has 6 nitrogen and oxygen atoms in total. The summed E-state index contributed by atoms with van der Waals surface area (Å²) in [5.41, 5.74) is 3.18. The number of amides is 2. The van der Waals surface area contributed by atoms with Gasteiger partial charge in [-0.25, -0.2) is 0 Å². The number of hydrogen-bond donors (Lipinski definition) is 3. The fourth-order valence-electron chi connectivity index (χ4n) is 2.74. The Morgan fingerprint density at radius 2 is 2.26 bits per heavy atom. The van der Waals surface area contributed by atoms with E-state index < -0.39 is 0 Å². The van der Waals surface area contributed by atoms with Crippen molar-refractivity contribution in [2.24, 2.45) is 5.92 Å². The maximum Gasteiger partial charge on any atom is 0.230 e. The Balaban J connectivity index is 1.69. The van der Waals surface area contributed by atoms with Crippen molar-refractivity contribution in [1.29, 1.82) is 0 Å². The fraction of sp³-hybridized carbons (Fsp3) is 0.353.